The second-order valence-electron chi connectivity index (χ2n) is 3.59. The molecule has 0 radical (unpaired) electrons. The predicted molar refractivity (Wildman–Crippen MR) is 63.6 cm³/mol. The van der Waals surface area contributed by atoms with Gasteiger partial charge < -0.3 is 4.74 Å². The van der Waals surface area contributed by atoms with Crippen molar-refractivity contribution in [2.75, 3.05) is 6.67 Å². The zero-order valence-electron chi connectivity index (χ0n) is 10.3. The zero-order valence-corrected chi connectivity index (χ0v) is 10.3. The van der Waals surface area contributed by atoms with Gasteiger partial charge in [-0.3, -0.25) is 4.79 Å². The first-order chi connectivity index (χ1) is 7.97. The highest BCUT2D eigenvalue weighted by Crippen LogP contribution is 1.97. The molecular formula is C13H17FO3. The van der Waals surface area contributed by atoms with E-state index < -0.39 is 12.6 Å². The van der Waals surface area contributed by atoms with Gasteiger partial charge in [0.2, 0.25) is 0 Å². The third kappa shape index (κ3) is 8.13. The van der Waals surface area contributed by atoms with Crippen LogP contribution in [0.3, 0.4) is 0 Å². The summed E-state index contributed by atoms with van der Waals surface area (Å²) in [6.07, 6.45) is -0.210. The highest BCUT2D eigenvalue weighted by atomic mass is 19.1. The molecule has 0 aliphatic carbocycles. The van der Waals surface area contributed by atoms with Gasteiger partial charge >= 0.3 is 5.97 Å². The van der Waals surface area contributed by atoms with E-state index in [0.717, 1.165) is 5.56 Å². The summed E-state index contributed by atoms with van der Waals surface area (Å²) in [5, 5.41) is 0. The summed E-state index contributed by atoms with van der Waals surface area (Å²) in [6.45, 7) is 3.88. The summed E-state index contributed by atoms with van der Waals surface area (Å²) in [4.78, 5) is 20.7. The average molecular weight is 240 g/mol. The molecule has 4 heteroatoms. The van der Waals surface area contributed by atoms with Crippen LogP contribution in [-0.4, -0.2) is 24.5 Å². The van der Waals surface area contributed by atoms with Crippen molar-refractivity contribution < 1.29 is 18.7 Å². The van der Waals surface area contributed by atoms with Crippen molar-refractivity contribution in [1.29, 1.82) is 0 Å². The molecule has 0 fully saturated rings. The number of Topliss-reactive ketones (excluding diaryl/α,β-unsaturated/α-hetero) is 1. The van der Waals surface area contributed by atoms with Crippen molar-refractivity contribution in [3.63, 3.8) is 0 Å². The second-order valence-corrected chi connectivity index (χ2v) is 3.59. The molecular weight excluding hydrogens is 223 g/mol. The van der Waals surface area contributed by atoms with E-state index >= 15 is 0 Å². The zero-order chi connectivity index (χ0) is 13.3. The maximum atomic E-state index is 11.3. The second kappa shape index (κ2) is 8.44. The molecule has 0 aromatic heterocycles. The monoisotopic (exact) mass is 240 g/mol. The number of hydrogen-bond donors (Lipinski definition) is 0. The molecule has 0 N–H and O–H groups in total. The van der Waals surface area contributed by atoms with E-state index in [4.69, 9.17) is 0 Å². The number of alkyl halides is 1. The highest BCUT2D eigenvalue weighted by molar-refractivity contribution is 5.93. The summed E-state index contributed by atoms with van der Waals surface area (Å²) in [5.74, 6) is -0.671. The Morgan fingerprint density at radius 3 is 2.00 bits per heavy atom. The van der Waals surface area contributed by atoms with Crippen LogP contribution in [0.4, 0.5) is 4.39 Å². The maximum Gasteiger partial charge on any atom is 0.337 e. The molecule has 3 nitrogen and oxygen atoms in total. The number of esters is 1. The van der Waals surface area contributed by atoms with Gasteiger partial charge in [-0.25, -0.2) is 9.18 Å². The predicted octanol–water partition coefficient (Wildman–Crippen LogP) is 2.80. The van der Waals surface area contributed by atoms with Gasteiger partial charge in [-0.15, -0.1) is 0 Å². The Labute approximate surface area is 101 Å². The lowest BCUT2D eigenvalue weighted by molar-refractivity contribution is -0.148. The number of ketones is 1. The SMILES string of the molecule is CC(=O)c1ccccc1.CC(C)OC(=O)CF. The van der Waals surface area contributed by atoms with Gasteiger partial charge in [0.25, 0.3) is 0 Å². The Kier molecular flexibility index (Phi) is 7.59. The van der Waals surface area contributed by atoms with Crippen LogP contribution in [-0.2, 0) is 9.53 Å². The van der Waals surface area contributed by atoms with Crippen molar-refractivity contribution in [2.24, 2.45) is 0 Å². The minimum Gasteiger partial charge on any atom is -0.461 e. The summed E-state index contributed by atoms with van der Waals surface area (Å²) in [7, 11) is 0. The minimum absolute atomic E-state index is 0.121. The van der Waals surface area contributed by atoms with Crippen LogP contribution >= 0.6 is 0 Å². The smallest absolute Gasteiger partial charge is 0.337 e. The maximum absolute atomic E-state index is 11.3. The molecule has 0 unspecified atom stereocenters. The topological polar surface area (TPSA) is 43.4 Å². The summed E-state index contributed by atoms with van der Waals surface area (Å²) < 4.78 is 15.7. The highest BCUT2D eigenvalue weighted by Gasteiger charge is 2.01. The lowest BCUT2D eigenvalue weighted by atomic mass is 10.2. The number of carbonyl (C=O) groups is 2. The molecule has 0 saturated carbocycles. The molecule has 0 aliphatic heterocycles. The number of carbonyl (C=O) groups excluding carboxylic acids is 2. The van der Waals surface area contributed by atoms with Crippen LogP contribution in [0.25, 0.3) is 0 Å². The molecule has 1 aromatic carbocycles. The van der Waals surface area contributed by atoms with Gasteiger partial charge in [-0.2, -0.15) is 0 Å². The first-order valence-electron chi connectivity index (χ1n) is 5.28. The lowest BCUT2D eigenvalue weighted by Crippen LogP contribution is -2.12. The van der Waals surface area contributed by atoms with E-state index in [1.54, 1.807) is 20.8 Å². The molecule has 0 spiro atoms. The van der Waals surface area contributed by atoms with Crippen LogP contribution in [0.5, 0.6) is 0 Å². The van der Waals surface area contributed by atoms with Gasteiger partial charge in [-0.05, 0) is 20.8 Å². The molecule has 94 valence electrons. The molecule has 0 aliphatic rings. The normalized spacial score (nSPS) is 9.24. The van der Waals surface area contributed by atoms with E-state index in [2.05, 4.69) is 4.74 Å². The van der Waals surface area contributed by atoms with E-state index in [1.807, 2.05) is 30.3 Å². The Balaban J connectivity index is 0.000000304. The Morgan fingerprint density at radius 2 is 1.76 bits per heavy atom. The Morgan fingerprint density at radius 1 is 1.24 bits per heavy atom. The fourth-order valence-electron chi connectivity index (χ4n) is 0.967. The quantitative estimate of drug-likeness (QED) is 0.602. The number of halogens is 1. The molecule has 0 amide bonds. The molecule has 0 bridgehead atoms. The van der Waals surface area contributed by atoms with Gasteiger partial charge in [0.15, 0.2) is 12.5 Å². The van der Waals surface area contributed by atoms with Crippen molar-refractivity contribution >= 4 is 11.8 Å². The fourth-order valence-corrected chi connectivity index (χ4v) is 0.967. The van der Waals surface area contributed by atoms with Gasteiger partial charge in [0.05, 0.1) is 6.10 Å². The number of hydrogen-bond acceptors (Lipinski definition) is 3. The lowest BCUT2D eigenvalue weighted by Gasteiger charge is -2.03. The van der Waals surface area contributed by atoms with Crippen LogP contribution in [0, 0.1) is 0 Å². The first-order valence-corrected chi connectivity index (χ1v) is 5.28. The van der Waals surface area contributed by atoms with Crippen molar-refractivity contribution in [3.05, 3.63) is 35.9 Å². The van der Waals surface area contributed by atoms with E-state index in [9.17, 15) is 14.0 Å². The molecule has 1 aromatic rings. The third-order valence-electron chi connectivity index (χ3n) is 1.66. The molecule has 1 rings (SSSR count). The van der Waals surface area contributed by atoms with Crippen LogP contribution in [0.2, 0.25) is 0 Å². The van der Waals surface area contributed by atoms with E-state index in [-0.39, 0.29) is 11.9 Å². The number of benzene rings is 1. The summed E-state index contributed by atoms with van der Waals surface area (Å²) in [5.41, 5.74) is 0.775. The average Bonchev–Trinajstić information content (AvgIpc) is 2.30. The summed E-state index contributed by atoms with van der Waals surface area (Å²) >= 11 is 0. The van der Waals surface area contributed by atoms with Gasteiger partial charge in [0, 0.05) is 5.56 Å². The van der Waals surface area contributed by atoms with E-state index in [0.29, 0.717) is 0 Å². The van der Waals surface area contributed by atoms with Crippen molar-refractivity contribution in [3.8, 4) is 0 Å². The number of ether oxygens (including phenoxy) is 1. The van der Waals surface area contributed by atoms with Gasteiger partial charge in [-0.1, -0.05) is 30.3 Å². The first kappa shape index (κ1) is 15.3. The minimum atomic E-state index is -1.03. The Hall–Kier alpha value is -1.71. The van der Waals surface area contributed by atoms with Crippen LogP contribution < -0.4 is 0 Å². The van der Waals surface area contributed by atoms with Crippen molar-refractivity contribution in [2.45, 2.75) is 26.9 Å². The van der Waals surface area contributed by atoms with Crippen LogP contribution in [0.1, 0.15) is 31.1 Å². The van der Waals surface area contributed by atoms with E-state index in [1.165, 1.54) is 0 Å². The fraction of sp³-hybridized carbons (Fsp3) is 0.385. The standard InChI is InChI=1S/C8H8O.C5H9FO2/c1-7(9)8-5-3-2-4-6-8;1-4(2)8-5(7)3-6/h2-6H,1H3;4H,3H2,1-2H3. The molecule has 0 heterocycles. The van der Waals surface area contributed by atoms with Crippen LogP contribution in [0.15, 0.2) is 30.3 Å². The Bertz CT molecular complexity index is 347. The molecule has 0 atom stereocenters. The van der Waals surface area contributed by atoms with Gasteiger partial charge in [0.1, 0.15) is 0 Å². The molecule has 17 heavy (non-hydrogen) atoms. The summed E-state index contributed by atoms with van der Waals surface area (Å²) in [6, 6.07) is 9.23. The number of rotatable bonds is 3. The molecule has 0 saturated heterocycles. The third-order valence-corrected chi connectivity index (χ3v) is 1.66. The largest absolute Gasteiger partial charge is 0.461 e. The van der Waals surface area contributed by atoms with Crippen molar-refractivity contribution in [1.82, 2.24) is 0 Å².